The molecule has 28 heavy (non-hydrogen) atoms. The van der Waals surface area contributed by atoms with Gasteiger partial charge in [0.2, 0.25) is 5.95 Å². The van der Waals surface area contributed by atoms with Gasteiger partial charge in [-0.15, -0.1) is 0 Å². The van der Waals surface area contributed by atoms with Crippen molar-refractivity contribution in [3.63, 3.8) is 0 Å². The molecule has 1 aliphatic rings. The molecule has 0 atom stereocenters. The van der Waals surface area contributed by atoms with Crippen LogP contribution < -0.4 is 11.1 Å². The third-order valence-electron chi connectivity index (χ3n) is 4.85. The second-order valence-electron chi connectivity index (χ2n) is 6.91. The van der Waals surface area contributed by atoms with Gasteiger partial charge in [0.05, 0.1) is 17.5 Å². The zero-order valence-corrected chi connectivity index (χ0v) is 15.7. The van der Waals surface area contributed by atoms with E-state index in [9.17, 15) is 5.11 Å². The number of aromatic nitrogens is 2. The monoisotopic (exact) mass is 377 g/mol. The average molecular weight is 377 g/mol. The number of phenolic OH excluding ortho intramolecular Hbond substituents is 1. The van der Waals surface area contributed by atoms with Crippen molar-refractivity contribution in [2.75, 3.05) is 31.2 Å². The molecule has 0 saturated carbocycles. The SMILES string of the molecule is COC1CN(Cc2ccc(Nc3nccc(-c4ccc(O)c(N)c4)n3)cc2)C1. The van der Waals surface area contributed by atoms with Gasteiger partial charge < -0.3 is 20.9 Å². The molecule has 3 aromatic rings. The molecule has 0 aliphatic carbocycles. The summed E-state index contributed by atoms with van der Waals surface area (Å²) in [6.45, 7) is 2.90. The van der Waals surface area contributed by atoms with Gasteiger partial charge in [0.25, 0.3) is 0 Å². The Bertz CT molecular complexity index is 955. The first-order chi connectivity index (χ1) is 13.6. The van der Waals surface area contributed by atoms with E-state index in [1.807, 2.05) is 12.1 Å². The standard InChI is InChI=1S/C21H23N5O2/c1-28-17-12-26(13-17)11-14-2-5-16(6-3-14)24-21-23-9-8-19(25-21)15-4-7-20(27)18(22)10-15/h2-10,17,27H,11-13,22H2,1H3,(H,23,24,25). The number of methoxy groups -OCH3 is 1. The second kappa shape index (κ2) is 7.84. The van der Waals surface area contributed by atoms with Crippen LogP contribution >= 0.6 is 0 Å². The number of benzene rings is 2. The van der Waals surface area contributed by atoms with E-state index in [2.05, 4.69) is 32.3 Å². The normalized spacial score (nSPS) is 14.6. The lowest BCUT2D eigenvalue weighted by molar-refractivity contribution is -0.0333. The van der Waals surface area contributed by atoms with E-state index in [-0.39, 0.29) is 5.75 Å². The number of hydrogen-bond donors (Lipinski definition) is 3. The van der Waals surface area contributed by atoms with Crippen LogP contribution in [0.25, 0.3) is 11.3 Å². The van der Waals surface area contributed by atoms with Crippen molar-refractivity contribution in [3.05, 3.63) is 60.3 Å². The summed E-state index contributed by atoms with van der Waals surface area (Å²) in [5.74, 6) is 0.565. The van der Waals surface area contributed by atoms with Crippen LogP contribution in [0.4, 0.5) is 17.3 Å². The van der Waals surface area contributed by atoms with Crippen LogP contribution in [0.2, 0.25) is 0 Å². The maximum Gasteiger partial charge on any atom is 0.227 e. The van der Waals surface area contributed by atoms with Gasteiger partial charge >= 0.3 is 0 Å². The number of aromatic hydroxyl groups is 1. The number of nitrogen functional groups attached to an aromatic ring is 1. The molecule has 0 bridgehead atoms. The molecule has 0 spiro atoms. The van der Waals surface area contributed by atoms with Crippen molar-refractivity contribution < 1.29 is 9.84 Å². The number of ether oxygens (including phenoxy) is 1. The summed E-state index contributed by atoms with van der Waals surface area (Å²) in [5, 5.41) is 12.8. The minimum atomic E-state index is 0.0622. The third kappa shape index (κ3) is 4.05. The molecule has 144 valence electrons. The highest BCUT2D eigenvalue weighted by atomic mass is 16.5. The maximum atomic E-state index is 9.58. The van der Waals surface area contributed by atoms with Gasteiger partial charge in [-0.2, -0.15) is 0 Å². The molecular weight excluding hydrogens is 354 g/mol. The van der Waals surface area contributed by atoms with Gasteiger partial charge in [-0.05, 0) is 42.0 Å². The van der Waals surface area contributed by atoms with Gasteiger partial charge in [-0.25, -0.2) is 9.97 Å². The molecule has 1 saturated heterocycles. The molecular formula is C21H23N5O2. The van der Waals surface area contributed by atoms with Crippen molar-refractivity contribution in [1.82, 2.24) is 14.9 Å². The van der Waals surface area contributed by atoms with E-state index < -0.39 is 0 Å². The smallest absolute Gasteiger partial charge is 0.227 e. The zero-order valence-electron chi connectivity index (χ0n) is 15.7. The minimum Gasteiger partial charge on any atom is -0.506 e. The highest BCUT2D eigenvalue weighted by Gasteiger charge is 2.25. The van der Waals surface area contributed by atoms with Crippen molar-refractivity contribution in [3.8, 4) is 17.0 Å². The van der Waals surface area contributed by atoms with Crippen LogP contribution in [0.15, 0.2) is 54.7 Å². The van der Waals surface area contributed by atoms with E-state index >= 15 is 0 Å². The molecule has 1 aromatic heterocycles. The summed E-state index contributed by atoms with van der Waals surface area (Å²) in [6.07, 6.45) is 2.06. The summed E-state index contributed by atoms with van der Waals surface area (Å²) >= 11 is 0. The molecule has 2 aromatic carbocycles. The Morgan fingerprint density at radius 3 is 2.68 bits per heavy atom. The van der Waals surface area contributed by atoms with Crippen LogP contribution in [0.5, 0.6) is 5.75 Å². The second-order valence-corrected chi connectivity index (χ2v) is 6.91. The van der Waals surface area contributed by atoms with Crippen molar-refractivity contribution in [1.29, 1.82) is 0 Å². The Morgan fingerprint density at radius 1 is 1.18 bits per heavy atom. The number of rotatable bonds is 6. The molecule has 1 fully saturated rings. The first-order valence-electron chi connectivity index (χ1n) is 9.14. The van der Waals surface area contributed by atoms with Crippen molar-refractivity contribution in [2.24, 2.45) is 0 Å². The fraction of sp³-hybridized carbons (Fsp3) is 0.238. The van der Waals surface area contributed by atoms with E-state index in [1.165, 1.54) is 5.56 Å². The first-order valence-corrected chi connectivity index (χ1v) is 9.14. The number of nitrogens with zero attached hydrogens (tertiary/aromatic N) is 3. The summed E-state index contributed by atoms with van der Waals surface area (Å²) in [6, 6.07) is 15.1. The van der Waals surface area contributed by atoms with Crippen LogP contribution in [0, 0.1) is 0 Å². The Morgan fingerprint density at radius 2 is 1.96 bits per heavy atom. The molecule has 4 rings (SSSR count). The molecule has 1 aliphatic heterocycles. The number of hydrogen-bond acceptors (Lipinski definition) is 7. The molecule has 0 amide bonds. The van der Waals surface area contributed by atoms with Gasteiger partial charge in [0.15, 0.2) is 0 Å². The summed E-state index contributed by atoms with van der Waals surface area (Å²) in [5.41, 5.74) is 9.83. The Balaban J connectivity index is 1.42. The number of nitrogens with one attached hydrogen (secondary N) is 1. The van der Waals surface area contributed by atoms with Crippen LogP contribution in [0.3, 0.4) is 0 Å². The van der Waals surface area contributed by atoms with Crippen molar-refractivity contribution in [2.45, 2.75) is 12.6 Å². The van der Waals surface area contributed by atoms with Gasteiger partial charge in [-0.3, -0.25) is 4.90 Å². The average Bonchev–Trinajstić information content (AvgIpc) is 2.68. The topological polar surface area (TPSA) is 96.5 Å². The predicted octanol–water partition coefficient (Wildman–Crippen LogP) is 3.01. The molecule has 2 heterocycles. The Labute approximate surface area is 163 Å². The maximum absolute atomic E-state index is 9.58. The summed E-state index contributed by atoms with van der Waals surface area (Å²) in [4.78, 5) is 11.2. The highest BCUT2D eigenvalue weighted by Crippen LogP contribution is 2.27. The van der Waals surface area contributed by atoms with E-state index in [0.717, 1.165) is 36.6 Å². The van der Waals surface area contributed by atoms with E-state index in [1.54, 1.807) is 37.6 Å². The van der Waals surface area contributed by atoms with Crippen molar-refractivity contribution >= 4 is 17.3 Å². The Kier molecular flexibility index (Phi) is 5.10. The molecule has 0 unspecified atom stereocenters. The van der Waals surface area contributed by atoms with Crippen LogP contribution in [0.1, 0.15) is 5.56 Å². The first kappa shape index (κ1) is 18.2. The molecule has 0 radical (unpaired) electrons. The molecule has 7 heteroatoms. The highest BCUT2D eigenvalue weighted by molar-refractivity contribution is 5.68. The van der Waals surface area contributed by atoms with E-state index in [0.29, 0.717) is 17.7 Å². The summed E-state index contributed by atoms with van der Waals surface area (Å²) in [7, 11) is 1.76. The third-order valence-corrected chi connectivity index (χ3v) is 4.85. The van der Waals surface area contributed by atoms with Gasteiger partial charge in [-0.1, -0.05) is 12.1 Å². The van der Waals surface area contributed by atoms with E-state index in [4.69, 9.17) is 10.5 Å². The quantitative estimate of drug-likeness (QED) is 0.449. The minimum absolute atomic E-state index is 0.0622. The van der Waals surface area contributed by atoms with Crippen LogP contribution in [-0.4, -0.2) is 46.3 Å². The van der Waals surface area contributed by atoms with Gasteiger partial charge in [0, 0.05) is 44.2 Å². The predicted molar refractivity (Wildman–Crippen MR) is 109 cm³/mol. The zero-order chi connectivity index (χ0) is 19.5. The van der Waals surface area contributed by atoms with Crippen LogP contribution in [-0.2, 0) is 11.3 Å². The number of nitrogens with two attached hydrogens (primary N) is 1. The number of phenols is 1. The Hall–Kier alpha value is -3.16. The fourth-order valence-corrected chi connectivity index (χ4v) is 3.17. The van der Waals surface area contributed by atoms with Gasteiger partial charge in [0.1, 0.15) is 5.75 Å². The largest absolute Gasteiger partial charge is 0.506 e. The lowest BCUT2D eigenvalue weighted by atomic mass is 10.1. The molecule has 4 N–H and O–H groups in total. The molecule has 7 nitrogen and oxygen atoms in total. The number of likely N-dealkylation sites (tertiary alicyclic amines) is 1. The fourth-order valence-electron chi connectivity index (χ4n) is 3.17. The summed E-state index contributed by atoms with van der Waals surface area (Å²) < 4.78 is 5.31. The lowest BCUT2D eigenvalue weighted by Crippen LogP contribution is -2.50. The lowest BCUT2D eigenvalue weighted by Gasteiger charge is -2.38. The number of anilines is 3.